The van der Waals surface area contributed by atoms with Crippen molar-refractivity contribution in [2.24, 2.45) is 5.92 Å². The van der Waals surface area contributed by atoms with Crippen LogP contribution in [-0.2, 0) is 9.84 Å². The number of halogens is 1. The molecule has 1 atom stereocenters. The van der Waals surface area contributed by atoms with Gasteiger partial charge in [0.15, 0.2) is 9.84 Å². The van der Waals surface area contributed by atoms with Crippen molar-refractivity contribution in [2.45, 2.75) is 25.7 Å². The predicted octanol–water partition coefficient (Wildman–Crippen LogP) is 3.11. The lowest BCUT2D eigenvalue weighted by atomic mass is 10.1. The fourth-order valence-corrected chi connectivity index (χ4v) is 3.65. The lowest BCUT2D eigenvalue weighted by Crippen LogP contribution is -2.15. The highest BCUT2D eigenvalue weighted by molar-refractivity contribution is 9.09. The summed E-state index contributed by atoms with van der Waals surface area (Å²) in [5, 5.41) is 0.705. The summed E-state index contributed by atoms with van der Waals surface area (Å²) in [4.78, 5) is 0.434. The first-order valence-electron chi connectivity index (χ1n) is 5.23. The van der Waals surface area contributed by atoms with E-state index in [0.29, 0.717) is 10.2 Å². The molecule has 90 valence electrons. The Hall–Kier alpha value is -0.350. The van der Waals surface area contributed by atoms with E-state index in [2.05, 4.69) is 15.9 Å². The first-order chi connectivity index (χ1) is 7.36. The summed E-state index contributed by atoms with van der Waals surface area (Å²) in [6, 6.07) is 5.31. The summed E-state index contributed by atoms with van der Waals surface area (Å²) in [5.74, 6) is 0.326. The molecule has 0 N–H and O–H groups in total. The molecule has 0 aromatic heterocycles. The Morgan fingerprint density at radius 1 is 1.25 bits per heavy atom. The van der Waals surface area contributed by atoms with Gasteiger partial charge in [-0.3, -0.25) is 0 Å². The second kappa shape index (κ2) is 5.32. The Labute approximate surface area is 106 Å². The van der Waals surface area contributed by atoms with Crippen LogP contribution >= 0.6 is 15.9 Å². The van der Waals surface area contributed by atoms with Gasteiger partial charge in [-0.05, 0) is 43.0 Å². The van der Waals surface area contributed by atoms with Crippen molar-refractivity contribution < 1.29 is 8.42 Å². The third kappa shape index (κ3) is 3.32. The number of aryl methyl sites for hydroxylation is 2. The Morgan fingerprint density at radius 3 is 2.38 bits per heavy atom. The summed E-state index contributed by atoms with van der Waals surface area (Å²) in [7, 11) is -3.14. The minimum atomic E-state index is -3.14. The zero-order valence-corrected chi connectivity index (χ0v) is 12.2. The fraction of sp³-hybridized carbons (Fsp3) is 0.500. The minimum absolute atomic E-state index is 0.131. The van der Waals surface area contributed by atoms with Crippen molar-refractivity contribution in [3.05, 3.63) is 29.3 Å². The molecule has 16 heavy (non-hydrogen) atoms. The van der Waals surface area contributed by atoms with E-state index in [1.807, 2.05) is 26.8 Å². The molecule has 0 saturated carbocycles. The second-order valence-corrected chi connectivity index (χ2v) is 6.97. The van der Waals surface area contributed by atoms with Gasteiger partial charge in [0.25, 0.3) is 0 Å². The monoisotopic (exact) mass is 304 g/mol. The van der Waals surface area contributed by atoms with Crippen molar-refractivity contribution in [2.75, 3.05) is 11.1 Å². The van der Waals surface area contributed by atoms with Gasteiger partial charge in [0.1, 0.15) is 0 Å². The van der Waals surface area contributed by atoms with Gasteiger partial charge in [0.05, 0.1) is 10.6 Å². The maximum absolute atomic E-state index is 12.0. The van der Waals surface area contributed by atoms with Crippen LogP contribution in [0.1, 0.15) is 18.1 Å². The topological polar surface area (TPSA) is 34.1 Å². The van der Waals surface area contributed by atoms with E-state index >= 15 is 0 Å². The summed E-state index contributed by atoms with van der Waals surface area (Å²) in [5.41, 5.74) is 2.14. The standard InChI is InChI=1S/C12H17BrO2S/c1-9(7-13)8-16(14,15)12-5-4-10(2)11(3)6-12/h4-6,9H,7-8H2,1-3H3. The zero-order valence-electron chi connectivity index (χ0n) is 9.83. The maximum Gasteiger partial charge on any atom is 0.178 e. The summed E-state index contributed by atoms with van der Waals surface area (Å²) >= 11 is 3.30. The quantitative estimate of drug-likeness (QED) is 0.801. The van der Waals surface area contributed by atoms with Crippen LogP contribution in [0.5, 0.6) is 0 Å². The van der Waals surface area contributed by atoms with Crippen LogP contribution in [0.15, 0.2) is 23.1 Å². The Morgan fingerprint density at radius 2 is 1.88 bits per heavy atom. The number of hydrogen-bond acceptors (Lipinski definition) is 2. The Balaban J connectivity index is 3.03. The van der Waals surface area contributed by atoms with E-state index in [4.69, 9.17) is 0 Å². The van der Waals surface area contributed by atoms with Gasteiger partial charge in [-0.1, -0.05) is 28.9 Å². The van der Waals surface area contributed by atoms with Gasteiger partial charge in [0.2, 0.25) is 0 Å². The molecule has 1 aromatic carbocycles. The van der Waals surface area contributed by atoms with Crippen molar-refractivity contribution in [3.63, 3.8) is 0 Å². The van der Waals surface area contributed by atoms with Crippen LogP contribution in [0.25, 0.3) is 0 Å². The second-order valence-electron chi connectivity index (χ2n) is 4.29. The normalized spacial score (nSPS) is 13.8. The summed E-state index contributed by atoms with van der Waals surface area (Å²) in [6.07, 6.45) is 0. The molecule has 1 unspecified atom stereocenters. The molecule has 2 nitrogen and oxygen atoms in total. The average molecular weight is 305 g/mol. The molecule has 0 amide bonds. The molecule has 0 aliphatic carbocycles. The fourth-order valence-electron chi connectivity index (χ4n) is 1.42. The number of sulfone groups is 1. The predicted molar refractivity (Wildman–Crippen MR) is 70.9 cm³/mol. The van der Waals surface area contributed by atoms with Crippen LogP contribution < -0.4 is 0 Å². The molecule has 0 aliphatic rings. The van der Waals surface area contributed by atoms with Crippen molar-refractivity contribution in [1.82, 2.24) is 0 Å². The SMILES string of the molecule is Cc1ccc(S(=O)(=O)CC(C)CBr)cc1C. The van der Waals surface area contributed by atoms with E-state index in [0.717, 1.165) is 11.1 Å². The largest absolute Gasteiger partial charge is 0.224 e. The lowest BCUT2D eigenvalue weighted by Gasteiger charge is -2.10. The third-order valence-corrected chi connectivity index (χ3v) is 5.69. The molecule has 0 spiro atoms. The van der Waals surface area contributed by atoms with E-state index < -0.39 is 9.84 Å². The van der Waals surface area contributed by atoms with E-state index in [1.165, 1.54) is 0 Å². The molecule has 0 heterocycles. The van der Waals surface area contributed by atoms with Gasteiger partial charge in [-0.2, -0.15) is 0 Å². The Bertz CT molecular complexity index is 466. The van der Waals surface area contributed by atoms with Crippen LogP contribution in [0, 0.1) is 19.8 Å². The highest BCUT2D eigenvalue weighted by atomic mass is 79.9. The van der Waals surface area contributed by atoms with Gasteiger partial charge in [-0.15, -0.1) is 0 Å². The molecule has 0 fully saturated rings. The number of benzene rings is 1. The molecular formula is C12H17BrO2S. The molecule has 1 rings (SSSR count). The number of alkyl halides is 1. The van der Waals surface area contributed by atoms with Crippen molar-refractivity contribution in [3.8, 4) is 0 Å². The molecular weight excluding hydrogens is 288 g/mol. The van der Waals surface area contributed by atoms with E-state index in [9.17, 15) is 8.42 Å². The van der Waals surface area contributed by atoms with E-state index in [1.54, 1.807) is 12.1 Å². The van der Waals surface area contributed by atoms with Crippen molar-refractivity contribution in [1.29, 1.82) is 0 Å². The van der Waals surface area contributed by atoms with Crippen LogP contribution in [0.2, 0.25) is 0 Å². The highest BCUT2D eigenvalue weighted by Crippen LogP contribution is 2.18. The first-order valence-corrected chi connectivity index (χ1v) is 8.00. The lowest BCUT2D eigenvalue weighted by molar-refractivity contribution is 0.584. The van der Waals surface area contributed by atoms with Gasteiger partial charge in [0, 0.05) is 5.33 Å². The van der Waals surface area contributed by atoms with Crippen molar-refractivity contribution >= 4 is 25.8 Å². The minimum Gasteiger partial charge on any atom is -0.224 e. The van der Waals surface area contributed by atoms with Gasteiger partial charge < -0.3 is 0 Å². The molecule has 0 bridgehead atoms. The van der Waals surface area contributed by atoms with E-state index in [-0.39, 0.29) is 11.7 Å². The number of hydrogen-bond donors (Lipinski definition) is 0. The van der Waals surface area contributed by atoms with Crippen LogP contribution in [0.3, 0.4) is 0 Å². The summed E-state index contributed by atoms with van der Waals surface area (Å²) < 4.78 is 24.1. The third-order valence-electron chi connectivity index (χ3n) is 2.60. The van der Waals surface area contributed by atoms with Crippen LogP contribution in [-0.4, -0.2) is 19.5 Å². The van der Waals surface area contributed by atoms with Gasteiger partial charge in [-0.25, -0.2) is 8.42 Å². The average Bonchev–Trinajstić information content (AvgIpc) is 2.21. The maximum atomic E-state index is 12.0. The molecule has 4 heteroatoms. The number of rotatable bonds is 4. The molecule has 0 saturated heterocycles. The van der Waals surface area contributed by atoms with Crippen LogP contribution in [0.4, 0.5) is 0 Å². The molecule has 0 radical (unpaired) electrons. The zero-order chi connectivity index (χ0) is 12.3. The Kier molecular flexibility index (Phi) is 4.56. The molecule has 1 aromatic rings. The smallest absolute Gasteiger partial charge is 0.178 e. The highest BCUT2D eigenvalue weighted by Gasteiger charge is 2.18. The molecule has 0 aliphatic heterocycles. The van der Waals surface area contributed by atoms with Gasteiger partial charge >= 0.3 is 0 Å². The summed E-state index contributed by atoms with van der Waals surface area (Å²) in [6.45, 7) is 5.84. The first kappa shape index (κ1) is 13.7.